The minimum atomic E-state index is 0.170. The summed E-state index contributed by atoms with van der Waals surface area (Å²) >= 11 is 6.51. The third-order valence-corrected chi connectivity index (χ3v) is 6.48. The van der Waals surface area contributed by atoms with Gasteiger partial charge in [0.1, 0.15) is 5.82 Å². The van der Waals surface area contributed by atoms with E-state index in [0.29, 0.717) is 22.0 Å². The molecule has 0 spiro atoms. The third-order valence-electron chi connectivity index (χ3n) is 6.24. The van der Waals surface area contributed by atoms with Crippen LogP contribution in [-0.2, 0) is 5.54 Å². The molecule has 4 fully saturated rings. The Hall–Kier alpha value is -0.570. The highest BCUT2D eigenvalue weighted by atomic mass is 35.5. The minimum absolute atomic E-state index is 0.170. The minimum Gasteiger partial charge on any atom is -0.295 e. The largest absolute Gasteiger partial charge is 0.295 e. The van der Waals surface area contributed by atoms with Crippen molar-refractivity contribution in [1.29, 1.82) is 0 Å². The zero-order valence-corrected chi connectivity index (χ0v) is 14.4. The molecule has 0 saturated heterocycles. The molecule has 5 rings (SSSR count). The van der Waals surface area contributed by atoms with Gasteiger partial charge < -0.3 is 0 Å². The normalized spacial score (nSPS) is 44.8. The van der Waals surface area contributed by atoms with Crippen LogP contribution in [0.15, 0.2) is 0 Å². The van der Waals surface area contributed by atoms with Crippen LogP contribution >= 0.6 is 11.6 Å². The number of halogens is 1. The number of hydrogen-bond acceptors (Lipinski definition) is 2. The van der Waals surface area contributed by atoms with E-state index in [1.54, 1.807) is 0 Å². The van der Waals surface area contributed by atoms with Crippen LogP contribution in [0, 0.1) is 16.7 Å². The van der Waals surface area contributed by atoms with Gasteiger partial charge in [-0.3, -0.25) is 4.57 Å². The van der Waals surface area contributed by atoms with Crippen molar-refractivity contribution in [2.24, 2.45) is 16.7 Å². The molecule has 0 amide bonds. The Balaban J connectivity index is 1.87. The molecule has 0 radical (unpaired) electrons. The van der Waals surface area contributed by atoms with Crippen molar-refractivity contribution in [2.75, 3.05) is 0 Å². The first-order chi connectivity index (χ1) is 9.74. The Kier molecular flexibility index (Phi) is 2.70. The predicted molar refractivity (Wildman–Crippen MR) is 84.5 cm³/mol. The number of hydrogen-bond donors (Lipinski definition) is 0. The SMILES string of the molecule is CC(C)c1nnc(Cl)n1C12CC3CC(C)(CC(C)(C3)C1)C2. The molecular weight excluding hydrogens is 282 g/mol. The fourth-order valence-corrected chi connectivity index (χ4v) is 7.03. The molecule has 4 aliphatic carbocycles. The molecule has 2 atom stereocenters. The molecule has 2 unspecified atom stereocenters. The Morgan fingerprint density at radius 3 is 2.19 bits per heavy atom. The lowest BCUT2D eigenvalue weighted by molar-refractivity contribution is -0.136. The van der Waals surface area contributed by atoms with Crippen molar-refractivity contribution in [3.63, 3.8) is 0 Å². The summed E-state index contributed by atoms with van der Waals surface area (Å²) in [6, 6.07) is 0. The molecule has 1 heterocycles. The van der Waals surface area contributed by atoms with E-state index >= 15 is 0 Å². The first-order valence-corrected chi connectivity index (χ1v) is 8.74. The van der Waals surface area contributed by atoms with E-state index in [9.17, 15) is 0 Å². The van der Waals surface area contributed by atoms with Gasteiger partial charge in [-0.15, -0.1) is 10.2 Å². The van der Waals surface area contributed by atoms with Crippen LogP contribution in [0.1, 0.15) is 78.0 Å². The van der Waals surface area contributed by atoms with Gasteiger partial charge in [0, 0.05) is 11.5 Å². The lowest BCUT2D eigenvalue weighted by Crippen LogP contribution is -2.59. The van der Waals surface area contributed by atoms with E-state index in [4.69, 9.17) is 11.6 Å². The molecule has 4 heteroatoms. The number of rotatable bonds is 2. The van der Waals surface area contributed by atoms with Crippen molar-refractivity contribution < 1.29 is 0 Å². The molecule has 0 N–H and O–H groups in total. The first-order valence-electron chi connectivity index (χ1n) is 8.36. The van der Waals surface area contributed by atoms with Crippen molar-refractivity contribution in [3.8, 4) is 0 Å². The van der Waals surface area contributed by atoms with Gasteiger partial charge in [-0.25, -0.2) is 0 Å². The summed E-state index contributed by atoms with van der Waals surface area (Å²) in [4.78, 5) is 0. The van der Waals surface area contributed by atoms with Crippen LogP contribution in [0.2, 0.25) is 5.28 Å². The van der Waals surface area contributed by atoms with Gasteiger partial charge in [0.15, 0.2) is 0 Å². The molecule has 1 aromatic rings. The topological polar surface area (TPSA) is 30.7 Å². The van der Waals surface area contributed by atoms with Crippen LogP contribution in [0.3, 0.4) is 0 Å². The second-order valence-corrected chi connectivity index (χ2v) is 9.51. The maximum absolute atomic E-state index is 6.51. The van der Waals surface area contributed by atoms with Crippen LogP contribution in [0.25, 0.3) is 0 Å². The molecule has 4 saturated carbocycles. The lowest BCUT2D eigenvalue weighted by Gasteiger charge is -2.65. The highest BCUT2D eigenvalue weighted by molar-refractivity contribution is 6.28. The van der Waals surface area contributed by atoms with Gasteiger partial charge >= 0.3 is 0 Å². The van der Waals surface area contributed by atoms with Crippen molar-refractivity contribution in [2.45, 2.75) is 77.7 Å². The molecular formula is C17H26ClN3. The van der Waals surface area contributed by atoms with Gasteiger partial charge in [-0.1, -0.05) is 27.7 Å². The van der Waals surface area contributed by atoms with E-state index in [1.807, 2.05) is 0 Å². The molecule has 21 heavy (non-hydrogen) atoms. The van der Waals surface area contributed by atoms with Gasteiger partial charge in [0.2, 0.25) is 5.28 Å². The monoisotopic (exact) mass is 307 g/mol. The van der Waals surface area contributed by atoms with Gasteiger partial charge in [0.25, 0.3) is 0 Å². The van der Waals surface area contributed by atoms with Crippen LogP contribution in [0.5, 0.6) is 0 Å². The number of aromatic nitrogens is 3. The number of nitrogens with zero attached hydrogens (tertiary/aromatic N) is 3. The molecule has 0 aliphatic heterocycles. The van der Waals surface area contributed by atoms with E-state index in [1.165, 1.54) is 38.5 Å². The van der Waals surface area contributed by atoms with Gasteiger partial charge in [0.05, 0.1) is 0 Å². The summed E-state index contributed by atoms with van der Waals surface area (Å²) in [5.74, 6) is 2.31. The molecule has 4 aliphatic rings. The summed E-state index contributed by atoms with van der Waals surface area (Å²) in [7, 11) is 0. The Bertz CT molecular complexity index is 573. The molecule has 116 valence electrons. The van der Waals surface area contributed by atoms with Crippen LogP contribution in [-0.4, -0.2) is 14.8 Å². The maximum Gasteiger partial charge on any atom is 0.225 e. The Labute approximate surface area is 132 Å². The average Bonchev–Trinajstić information content (AvgIpc) is 2.66. The van der Waals surface area contributed by atoms with Crippen LogP contribution in [0.4, 0.5) is 0 Å². The standard InChI is InChI=1S/C17H26ClN3/c1-11(2)13-19-20-14(18)21(13)17-7-12-5-15(3,9-17)8-16(4,6-12)10-17/h11-12H,5-10H2,1-4H3. The van der Waals surface area contributed by atoms with E-state index in [2.05, 4.69) is 42.5 Å². The van der Waals surface area contributed by atoms with Gasteiger partial charge in [-0.2, -0.15) is 0 Å². The Morgan fingerprint density at radius 1 is 1.05 bits per heavy atom. The van der Waals surface area contributed by atoms with E-state index in [0.717, 1.165) is 11.7 Å². The molecule has 0 aromatic carbocycles. The summed E-state index contributed by atoms with van der Waals surface area (Å²) in [6.45, 7) is 9.39. The second kappa shape index (κ2) is 4.04. The summed E-state index contributed by atoms with van der Waals surface area (Å²) in [6.07, 6.45) is 7.97. The lowest BCUT2D eigenvalue weighted by atomic mass is 9.42. The molecule has 4 bridgehead atoms. The fraction of sp³-hybridized carbons (Fsp3) is 0.882. The first kappa shape index (κ1) is 14.0. The average molecular weight is 308 g/mol. The second-order valence-electron chi connectivity index (χ2n) is 9.17. The van der Waals surface area contributed by atoms with Gasteiger partial charge in [-0.05, 0) is 66.9 Å². The van der Waals surface area contributed by atoms with Crippen LogP contribution < -0.4 is 0 Å². The summed E-state index contributed by atoms with van der Waals surface area (Å²) in [5, 5.41) is 9.22. The predicted octanol–water partition coefficient (Wildman–Crippen LogP) is 4.76. The zero-order chi connectivity index (χ0) is 15.0. The summed E-state index contributed by atoms with van der Waals surface area (Å²) in [5.41, 5.74) is 1.13. The fourth-order valence-electron chi connectivity index (χ4n) is 6.73. The van der Waals surface area contributed by atoms with E-state index in [-0.39, 0.29) is 5.54 Å². The Morgan fingerprint density at radius 2 is 1.67 bits per heavy atom. The third kappa shape index (κ3) is 1.92. The van der Waals surface area contributed by atoms with Crippen molar-refractivity contribution in [3.05, 3.63) is 11.1 Å². The highest BCUT2D eigenvalue weighted by Gasteiger charge is 2.61. The van der Waals surface area contributed by atoms with E-state index < -0.39 is 0 Å². The highest BCUT2D eigenvalue weighted by Crippen LogP contribution is 2.69. The molecule has 3 nitrogen and oxygen atoms in total. The van der Waals surface area contributed by atoms with Crippen molar-refractivity contribution >= 4 is 11.6 Å². The zero-order valence-electron chi connectivity index (χ0n) is 13.6. The quantitative estimate of drug-likeness (QED) is 0.788. The maximum atomic E-state index is 6.51. The smallest absolute Gasteiger partial charge is 0.225 e. The molecule has 1 aromatic heterocycles. The summed E-state index contributed by atoms with van der Waals surface area (Å²) < 4.78 is 2.33. The van der Waals surface area contributed by atoms with Crippen molar-refractivity contribution in [1.82, 2.24) is 14.8 Å².